The largest absolute Gasteiger partial charge is 0.296 e. The Labute approximate surface area is 110 Å². The zero-order chi connectivity index (χ0) is 13.0. The molecule has 0 saturated carbocycles. The number of nitrogens with zero attached hydrogens (tertiary/aromatic N) is 1. The molecule has 0 unspecified atom stereocenters. The maximum Gasteiger partial charge on any atom is 0.176 e. The van der Waals surface area contributed by atoms with Crippen LogP contribution in [0.2, 0.25) is 0 Å². The zero-order valence-electron chi connectivity index (χ0n) is 11.5. The summed E-state index contributed by atoms with van der Waals surface area (Å²) in [7, 11) is 0. The van der Waals surface area contributed by atoms with Crippen LogP contribution in [0.5, 0.6) is 0 Å². The Morgan fingerprint density at radius 1 is 1.06 bits per heavy atom. The third-order valence-electron chi connectivity index (χ3n) is 3.89. The third kappa shape index (κ3) is 3.42. The summed E-state index contributed by atoms with van der Waals surface area (Å²) in [5.41, 5.74) is 3.32. The Morgan fingerprint density at radius 2 is 1.72 bits per heavy atom. The molecule has 2 rings (SSSR count). The normalized spacial score (nSPS) is 17.4. The zero-order valence-corrected chi connectivity index (χ0v) is 11.5. The van der Waals surface area contributed by atoms with Gasteiger partial charge in [-0.05, 0) is 57.0 Å². The highest BCUT2D eigenvalue weighted by Gasteiger charge is 2.14. The topological polar surface area (TPSA) is 20.3 Å². The maximum absolute atomic E-state index is 12.2. The molecule has 1 fully saturated rings. The number of hydrogen-bond acceptors (Lipinski definition) is 2. The van der Waals surface area contributed by atoms with E-state index in [0.29, 0.717) is 6.54 Å². The van der Waals surface area contributed by atoms with E-state index >= 15 is 0 Å². The molecule has 18 heavy (non-hydrogen) atoms. The van der Waals surface area contributed by atoms with Crippen molar-refractivity contribution in [2.24, 2.45) is 0 Å². The monoisotopic (exact) mass is 245 g/mol. The molecule has 0 bridgehead atoms. The lowest BCUT2D eigenvalue weighted by molar-refractivity contribution is 0.0933. The number of carbonyl (C=O) groups excluding carboxylic acids is 1. The highest BCUT2D eigenvalue weighted by Crippen LogP contribution is 2.13. The number of carbonyl (C=O) groups is 1. The molecule has 1 aromatic carbocycles. The van der Waals surface area contributed by atoms with Gasteiger partial charge in [0.25, 0.3) is 0 Å². The SMILES string of the molecule is Cc1ccc(C(=O)CN2CCCCCC2)cc1C. The Kier molecular flexibility index (Phi) is 4.54. The third-order valence-corrected chi connectivity index (χ3v) is 3.89. The predicted octanol–water partition coefficient (Wildman–Crippen LogP) is 3.36. The summed E-state index contributed by atoms with van der Waals surface area (Å²) in [5.74, 6) is 0.264. The van der Waals surface area contributed by atoms with Crippen LogP contribution in [0.1, 0.15) is 47.2 Å². The van der Waals surface area contributed by atoms with Crippen molar-refractivity contribution in [3.05, 3.63) is 34.9 Å². The van der Waals surface area contributed by atoms with Gasteiger partial charge in [0.1, 0.15) is 0 Å². The fraction of sp³-hybridized carbons (Fsp3) is 0.562. The van der Waals surface area contributed by atoms with E-state index in [9.17, 15) is 4.79 Å². The summed E-state index contributed by atoms with van der Waals surface area (Å²) in [4.78, 5) is 14.6. The summed E-state index contributed by atoms with van der Waals surface area (Å²) in [6, 6.07) is 6.03. The van der Waals surface area contributed by atoms with Gasteiger partial charge in [0.05, 0.1) is 6.54 Å². The van der Waals surface area contributed by atoms with Crippen molar-refractivity contribution in [3.8, 4) is 0 Å². The van der Waals surface area contributed by atoms with Crippen molar-refractivity contribution < 1.29 is 4.79 Å². The van der Waals surface area contributed by atoms with Crippen LogP contribution in [0.25, 0.3) is 0 Å². The Morgan fingerprint density at radius 3 is 2.33 bits per heavy atom. The Hall–Kier alpha value is -1.15. The van der Waals surface area contributed by atoms with E-state index in [4.69, 9.17) is 0 Å². The van der Waals surface area contributed by atoms with Crippen molar-refractivity contribution in [2.45, 2.75) is 39.5 Å². The summed E-state index contributed by atoms with van der Waals surface area (Å²) >= 11 is 0. The standard InChI is InChI=1S/C16H23NO/c1-13-7-8-15(11-14(13)2)16(18)12-17-9-5-3-4-6-10-17/h7-8,11H,3-6,9-10,12H2,1-2H3. The van der Waals surface area contributed by atoms with Crippen LogP contribution in [0.4, 0.5) is 0 Å². The second-order valence-corrected chi connectivity index (χ2v) is 5.41. The first kappa shape index (κ1) is 13.3. The molecule has 0 spiro atoms. The van der Waals surface area contributed by atoms with Crippen molar-refractivity contribution in [1.82, 2.24) is 4.90 Å². The van der Waals surface area contributed by atoms with Crippen LogP contribution in [-0.2, 0) is 0 Å². The van der Waals surface area contributed by atoms with Gasteiger partial charge in [0.15, 0.2) is 5.78 Å². The number of rotatable bonds is 3. The molecule has 0 N–H and O–H groups in total. The minimum atomic E-state index is 0.264. The summed E-state index contributed by atoms with van der Waals surface area (Å²) < 4.78 is 0. The van der Waals surface area contributed by atoms with Gasteiger partial charge in [-0.15, -0.1) is 0 Å². The van der Waals surface area contributed by atoms with Crippen LogP contribution < -0.4 is 0 Å². The van der Waals surface area contributed by atoms with Crippen LogP contribution in [0, 0.1) is 13.8 Å². The van der Waals surface area contributed by atoms with Gasteiger partial charge in [-0.2, -0.15) is 0 Å². The second-order valence-electron chi connectivity index (χ2n) is 5.41. The molecule has 98 valence electrons. The van der Waals surface area contributed by atoms with Crippen molar-refractivity contribution in [3.63, 3.8) is 0 Å². The minimum Gasteiger partial charge on any atom is -0.296 e. The summed E-state index contributed by atoms with van der Waals surface area (Å²) in [6.07, 6.45) is 5.10. The van der Waals surface area contributed by atoms with Crippen LogP contribution >= 0.6 is 0 Å². The molecule has 1 aliphatic rings. The molecule has 0 aromatic heterocycles. The van der Waals surface area contributed by atoms with E-state index < -0.39 is 0 Å². The second kappa shape index (κ2) is 6.14. The van der Waals surface area contributed by atoms with Gasteiger partial charge in [0, 0.05) is 5.56 Å². The highest BCUT2D eigenvalue weighted by atomic mass is 16.1. The molecule has 0 atom stereocenters. The molecule has 1 heterocycles. The Balaban J connectivity index is 1.99. The molecular formula is C16H23NO. The number of aryl methyl sites for hydroxylation is 2. The Bertz CT molecular complexity index is 417. The van der Waals surface area contributed by atoms with Crippen molar-refractivity contribution >= 4 is 5.78 Å². The average Bonchev–Trinajstić information content (AvgIpc) is 2.61. The van der Waals surface area contributed by atoms with E-state index in [1.807, 2.05) is 18.2 Å². The molecule has 2 heteroatoms. The first-order valence-corrected chi connectivity index (χ1v) is 6.99. The lowest BCUT2D eigenvalue weighted by atomic mass is 10.0. The smallest absolute Gasteiger partial charge is 0.176 e. The van der Waals surface area contributed by atoms with E-state index in [-0.39, 0.29) is 5.78 Å². The first-order chi connectivity index (χ1) is 8.66. The van der Waals surface area contributed by atoms with Gasteiger partial charge in [-0.25, -0.2) is 0 Å². The molecule has 0 amide bonds. The maximum atomic E-state index is 12.2. The van der Waals surface area contributed by atoms with E-state index in [1.165, 1.54) is 36.8 Å². The molecule has 1 aliphatic heterocycles. The highest BCUT2D eigenvalue weighted by molar-refractivity contribution is 5.97. The number of likely N-dealkylation sites (tertiary alicyclic amines) is 1. The molecule has 0 aliphatic carbocycles. The van der Waals surface area contributed by atoms with Gasteiger partial charge in [-0.3, -0.25) is 9.69 Å². The van der Waals surface area contributed by atoms with Crippen molar-refractivity contribution in [2.75, 3.05) is 19.6 Å². The van der Waals surface area contributed by atoms with Crippen LogP contribution in [-0.4, -0.2) is 30.3 Å². The number of hydrogen-bond donors (Lipinski definition) is 0. The number of Topliss-reactive ketones (excluding diaryl/α,β-unsaturated/α-hetero) is 1. The van der Waals surface area contributed by atoms with Crippen LogP contribution in [0.15, 0.2) is 18.2 Å². The van der Waals surface area contributed by atoms with Crippen LogP contribution in [0.3, 0.4) is 0 Å². The molecule has 0 radical (unpaired) electrons. The predicted molar refractivity (Wildman–Crippen MR) is 75.2 cm³/mol. The molecule has 1 saturated heterocycles. The van der Waals surface area contributed by atoms with Gasteiger partial charge in [0.2, 0.25) is 0 Å². The lowest BCUT2D eigenvalue weighted by Crippen LogP contribution is -2.30. The molecule has 1 aromatic rings. The average molecular weight is 245 g/mol. The van der Waals surface area contributed by atoms with Crippen molar-refractivity contribution in [1.29, 1.82) is 0 Å². The number of benzene rings is 1. The summed E-state index contributed by atoms with van der Waals surface area (Å²) in [5, 5.41) is 0. The van der Waals surface area contributed by atoms with Gasteiger partial charge >= 0.3 is 0 Å². The minimum absolute atomic E-state index is 0.264. The fourth-order valence-electron chi connectivity index (χ4n) is 2.50. The van der Waals surface area contributed by atoms with Gasteiger partial charge < -0.3 is 0 Å². The van der Waals surface area contributed by atoms with E-state index in [1.54, 1.807) is 0 Å². The molecular weight excluding hydrogens is 222 g/mol. The van der Waals surface area contributed by atoms with Gasteiger partial charge in [-0.1, -0.05) is 25.0 Å². The van der Waals surface area contributed by atoms with E-state index in [2.05, 4.69) is 18.7 Å². The number of ketones is 1. The molecule has 2 nitrogen and oxygen atoms in total. The lowest BCUT2D eigenvalue weighted by Gasteiger charge is -2.18. The fourth-order valence-corrected chi connectivity index (χ4v) is 2.50. The summed E-state index contributed by atoms with van der Waals surface area (Å²) in [6.45, 7) is 6.89. The first-order valence-electron chi connectivity index (χ1n) is 6.99. The van der Waals surface area contributed by atoms with E-state index in [0.717, 1.165) is 18.7 Å². The quantitative estimate of drug-likeness (QED) is 0.761.